The zero-order valence-electron chi connectivity index (χ0n) is 21.9. The second-order valence-corrected chi connectivity index (χ2v) is 11.5. The Morgan fingerprint density at radius 3 is 2.61 bits per heavy atom. The number of nitrogens with one attached hydrogen (secondary N) is 1. The van der Waals surface area contributed by atoms with Crippen molar-refractivity contribution in [2.75, 3.05) is 30.3 Å². The molecule has 1 aromatic carbocycles. The molecule has 2 aromatic heterocycles. The topological polar surface area (TPSA) is 131 Å². The Bertz CT molecular complexity index is 1450. The van der Waals surface area contributed by atoms with Crippen molar-refractivity contribution in [3.05, 3.63) is 52.8 Å². The van der Waals surface area contributed by atoms with Crippen molar-refractivity contribution in [2.24, 2.45) is 5.41 Å². The van der Waals surface area contributed by atoms with Crippen LogP contribution in [0.5, 0.6) is 5.88 Å². The van der Waals surface area contributed by atoms with Gasteiger partial charge in [0.25, 0.3) is 0 Å². The van der Waals surface area contributed by atoms with E-state index in [9.17, 15) is 23.1 Å². The van der Waals surface area contributed by atoms with E-state index in [0.29, 0.717) is 50.6 Å². The molecule has 2 aliphatic heterocycles. The van der Waals surface area contributed by atoms with Crippen LogP contribution in [-0.2, 0) is 4.79 Å². The SMILES string of the molecule is Nc1nc(OC(c2ccc(Cl)cc2-n2ccc(C3CC3)n2)C(F)(F)F)cc(N2CCC3(CC2)CN[C@H](C(=O)O)C3)n1. The van der Waals surface area contributed by atoms with Gasteiger partial charge in [0, 0.05) is 48.4 Å². The van der Waals surface area contributed by atoms with Gasteiger partial charge < -0.3 is 25.8 Å². The number of carbonyl (C=O) groups is 1. The highest BCUT2D eigenvalue weighted by atomic mass is 35.5. The lowest BCUT2D eigenvalue weighted by Crippen LogP contribution is -2.41. The average Bonchev–Trinajstić information content (AvgIpc) is 3.50. The zero-order valence-corrected chi connectivity index (χ0v) is 22.7. The maximum absolute atomic E-state index is 14.5. The summed E-state index contributed by atoms with van der Waals surface area (Å²) in [4.78, 5) is 21.5. The van der Waals surface area contributed by atoms with Crippen molar-refractivity contribution in [1.29, 1.82) is 0 Å². The lowest BCUT2D eigenvalue weighted by atomic mass is 9.76. The van der Waals surface area contributed by atoms with Crippen LogP contribution in [-0.4, -0.2) is 62.7 Å². The van der Waals surface area contributed by atoms with E-state index in [4.69, 9.17) is 22.1 Å². The molecule has 1 aliphatic carbocycles. The number of nitrogen functional groups attached to an aromatic ring is 1. The molecule has 10 nitrogen and oxygen atoms in total. The van der Waals surface area contributed by atoms with Crippen molar-refractivity contribution in [2.45, 2.75) is 56.3 Å². The molecule has 0 bridgehead atoms. The molecule has 41 heavy (non-hydrogen) atoms. The van der Waals surface area contributed by atoms with Crippen molar-refractivity contribution in [1.82, 2.24) is 25.1 Å². The summed E-state index contributed by atoms with van der Waals surface area (Å²) in [6.45, 7) is 1.68. The summed E-state index contributed by atoms with van der Waals surface area (Å²) in [6, 6.07) is 6.67. The molecule has 3 aromatic rings. The molecule has 2 atom stereocenters. The standard InChI is InChI=1S/C27H29ClF3N7O3/c28-16-3-4-17(20(11-16)38-8-5-18(36-38)15-1-2-15)23(27(29,30)31)41-22-12-21(34-25(32)35-22)37-9-6-26(7-10-37)13-19(24(39)40)33-14-26/h3-5,8,11-12,15,19,23,33H,1-2,6-7,9-10,13-14H2,(H,39,40)(H2,32,34,35)/t19-,23?/m0/s1. The lowest BCUT2D eigenvalue weighted by molar-refractivity contribution is -0.198. The highest BCUT2D eigenvalue weighted by Gasteiger charge is 2.46. The second kappa shape index (κ2) is 10.4. The van der Waals surface area contributed by atoms with Crippen molar-refractivity contribution >= 4 is 29.3 Å². The Morgan fingerprint density at radius 1 is 1.20 bits per heavy atom. The molecule has 0 amide bonds. The van der Waals surface area contributed by atoms with E-state index in [1.165, 1.54) is 28.9 Å². The number of nitrogens with zero attached hydrogens (tertiary/aromatic N) is 5. The van der Waals surface area contributed by atoms with E-state index < -0.39 is 24.3 Å². The van der Waals surface area contributed by atoms with E-state index in [0.717, 1.165) is 18.5 Å². The normalized spacial score (nSPS) is 21.3. The first-order valence-electron chi connectivity index (χ1n) is 13.4. The number of hydrogen-bond acceptors (Lipinski definition) is 8. The fourth-order valence-electron chi connectivity index (χ4n) is 5.77. The maximum atomic E-state index is 14.5. The third-order valence-electron chi connectivity index (χ3n) is 8.18. The number of rotatable bonds is 7. The molecule has 14 heteroatoms. The number of aromatic nitrogens is 4. The number of carboxylic acid groups (broad SMARTS) is 1. The van der Waals surface area contributed by atoms with Crippen molar-refractivity contribution in [3.63, 3.8) is 0 Å². The minimum absolute atomic E-state index is 0.143. The minimum atomic E-state index is -4.80. The lowest BCUT2D eigenvalue weighted by Gasteiger charge is -2.39. The van der Waals surface area contributed by atoms with Crippen LogP contribution in [0.25, 0.3) is 5.69 Å². The summed E-state index contributed by atoms with van der Waals surface area (Å²) < 4.78 is 50.5. The average molecular weight is 592 g/mol. The number of anilines is 2. The number of benzene rings is 1. The molecule has 218 valence electrons. The molecule has 4 N–H and O–H groups in total. The van der Waals surface area contributed by atoms with Crippen LogP contribution < -0.4 is 20.7 Å². The Kier molecular flexibility index (Phi) is 6.97. The number of ether oxygens (including phenoxy) is 1. The summed E-state index contributed by atoms with van der Waals surface area (Å²) in [5.41, 5.74) is 6.58. The number of piperidine rings is 1. The molecule has 2 saturated heterocycles. The number of hydrogen-bond donors (Lipinski definition) is 3. The quantitative estimate of drug-likeness (QED) is 0.364. The number of halogens is 4. The monoisotopic (exact) mass is 591 g/mol. The third-order valence-corrected chi connectivity index (χ3v) is 8.41. The molecular formula is C27H29ClF3N7O3. The molecule has 1 saturated carbocycles. The highest BCUT2D eigenvalue weighted by molar-refractivity contribution is 6.30. The van der Waals surface area contributed by atoms with Gasteiger partial charge in [-0.2, -0.15) is 28.2 Å². The number of alkyl halides is 3. The highest BCUT2D eigenvalue weighted by Crippen LogP contribution is 2.43. The van der Waals surface area contributed by atoms with Crippen LogP contribution in [0.2, 0.25) is 5.02 Å². The summed E-state index contributed by atoms with van der Waals surface area (Å²) in [7, 11) is 0. The van der Waals surface area contributed by atoms with Crippen molar-refractivity contribution < 1.29 is 27.8 Å². The minimum Gasteiger partial charge on any atom is -0.480 e. The van der Waals surface area contributed by atoms with Gasteiger partial charge in [0.15, 0.2) is 0 Å². The molecule has 3 fully saturated rings. The predicted molar refractivity (Wildman–Crippen MR) is 144 cm³/mol. The first-order valence-corrected chi connectivity index (χ1v) is 13.8. The molecule has 3 aliphatic rings. The van der Waals surface area contributed by atoms with Crippen molar-refractivity contribution in [3.8, 4) is 11.6 Å². The summed E-state index contributed by atoms with van der Waals surface area (Å²) in [6.07, 6.45) is -1.61. The zero-order chi connectivity index (χ0) is 28.9. The van der Waals surface area contributed by atoms with E-state index in [2.05, 4.69) is 20.4 Å². The molecule has 6 rings (SSSR count). The van der Waals surface area contributed by atoms with Crippen LogP contribution in [0.15, 0.2) is 36.5 Å². The third kappa shape index (κ3) is 5.78. The molecular weight excluding hydrogens is 563 g/mol. The van der Waals surface area contributed by atoms with E-state index >= 15 is 0 Å². The van der Waals surface area contributed by atoms with Gasteiger partial charge in [-0.1, -0.05) is 17.7 Å². The smallest absolute Gasteiger partial charge is 0.429 e. The van der Waals surface area contributed by atoms with Gasteiger partial charge >= 0.3 is 12.1 Å². The Labute approximate surface area is 238 Å². The summed E-state index contributed by atoms with van der Waals surface area (Å²) >= 11 is 6.18. The Balaban J connectivity index is 1.25. The molecule has 1 spiro atoms. The van der Waals surface area contributed by atoms with Crippen LogP contribution >= 0.6 is 11.6 Å². The Hall–Kier alpha value is -3.58. The Morgan fingerprint density at radius 2 is 1.95 bits per heavy atom. The van der Waals surface area contributed by atoms with E-state index in [-0.39, 0.29) is 33.5 Å². The van der Waals surface area contributed by atoms with E-state index in [1.54, 1.807) is 12.3 Å². The van der Waals surface area contributed by atoms with Gasteiger partial charge in [-0.25, -0.2) is 4.68 Å². The first kappa shape index (κ1) is 27.6. The number of carboxylic acids is 1. The predicted octanol–water partition coefficient (Wildman–Crippen LogP) is 4.49. The molecule has 0 radical (unpaired) electrons. The van der Waals surface area contributed by atoms with Crippen LogP contribution in [0.3, 0.4) is 0 Å². The van der Waals surface area contributed by atoms with Gasteiger partial charge in [0.1, 0.15) is 11.9 Å². The van der Waals surface area contributed by atoms with Crippen LogP contribution in [0, 0.1) is 5.41 Å². The molecule has 1 unspecified atom stereocenters. The summed E-state index contributed by atoms with van der Waals surface area (Å²) in [5, 5.41) is 17.2. The number of aliphatic carboxylic acids is 1. The van der Waals surface area contributed by atoms with Gasteiger partial charge in [0.2, 0.25) is 17.9 Å². The van der Waals surface area contributed by atoms with E-state index in [1.807, 2.05) is 4.90 Å². The van der Waals surface area contributed by atoms with Gasteiger partial charge in [-0.05, 0) is 55.7 Å². The van der Waals surface area contributed by atoms with Gasteiger partial charge in [0.05, 0.1) is 11.4 Å². The fraction of sp³-hybridized carbons (Fsp3) is 0.481. The largest absolute Gasteiger partial charge is 0.480 e. The second-order valence-electron chi connectivity index (χ2n) is 11.1. The number of nitrogens with two attached hydrogens (primary N) is 1. The van der Waals surface area contributed by atoms with Gasteiger partial charge in [-0.15, -0.1) is 0 Å². The fourth-order valence-corrected chi connectivity index (χ4v) is 5.94. The summed E-state index contributed by atoms with van der Waals surface area (Å²) in [5.74, 6) is -0.729. The van der Waals surface area contributed by atoms with Crippen LogP contribution in [0.1, 0.15) is 55.4 Å². The van der Waals surface area contributed by atoms with Crippen LogP contribution in [0.4, 0.5) is 24.9 Å². The maximum Gasteiger partial charge on any atom is 0.429 e. The molecule has 4 heterocycles. The van der Waals surface area contributed by atoms with Gasteiger partial charge in [-0.3, -0.25) is 4.79 Å². The first-order chi connectivity index (χ1) is 19.5.